The van der Waals surface area contributed by atoms with Crippen molar-refractivity contribution in [3.8, 4) is 0 Å². The first-order valence-corrected chi connectivity index (χ1v) is 8.96. The molecular formula is C21H20F2N2O4. The second-order valence-corrected chi connectivity index (χ2v) is 6.98. The molecular weight excluding hydrogens is 382 g/mol. The third-order valence-corrected chi connectivity index (χ3v) is 5.00. The van der Waals surface area contributed by atoms with E-state index < -0.39 is 35.3 Å². The van der Waals surface area contributed by atoms with Crippen molar-refractivity contribution in [2.24, 2.45) is 5.92 Å². The normalized spacial score (nSPS) is 16.1. The van der Waals surface area contributed by atoms with E-state index in [0.717, 1.165) is 23.3 Å². The fourth-order valence-electron chi connectivity index (χ4n) is 3.33. The fraction of sp³-hybridized carbons (Fsp3) is 0.286. The Morgan fingerprint density at radius 1 is 1.10 bits per heavy atom. The molecule has 1 heterocycles. The second-order valence-electron chi connectivity index (χ2n) is 6.98. The zero-order valence-corrected chi connectivity index (χ0v) is 16.2. The summed E-state index contributed by atoms with van der Waals surface area (Å²) in [6.07, 6.45) is -0.0847. The fourth-order valence-corrected chi connectivity index (χ4v) is 3.33. The number of nitrogens with one attached hydrogen (secondary N) is 1. The number of benzene rings is 2. The summed E-state index contributed by atoms with van der Waals surface area (Å²) in [6, 6.07) is 6.05. The van der Waals surface area contributed by atoms with E-state index in [-0.39, 0.29) is 18.7 Å². The number of hydrogen-bond acceptors (Lipinski definition) is 4. The average Bonchev–Trinajstić information content (AvgIpc) is 3.05. The van der Waals surface area contributed by atoms with E-state index in [1.54, 1.807) is 19.9 Å². The Morgan fingerprint density at radius 2 is 1.76 bits per heavy atom. The topological polar surface area (TPSA) is 75.7 Å². The highest BCUT2D eigenvalue weighted by Crippen LogP contribution is 2.28. The van der Waals surface area contributed by atoms with Crippen LogP contribution in [0.15, 0.2) is 30.3 Å². The van der Waals surface area contributed by atoms with Gasteiger partial charge >= 0.3 is 5.97 Å². The molecule has 0 saturated carbocycles. The molecule has 3 rings (SSSR count). The van der Waals surface area contributed by atoms with E-state index in [2.05, 4.69) is 5.32 Å². The van der Waals surface area contributed by atoms with Crippen LogP contribution in [-0.2, 0) is 14.3 Å². The summed E-state index contributed by atoms with van der Waals surface area (Å²) in [5.74, 6) is -3.63. The number of methoxy groups -OCH3 is 1. The number of rotatable bonds is 4. The quantitative estimate of drug-likeness (QED) is 0.796. The number of hydrogen-bond donors (Lipinski definition) is 1. The van der Waals surface area contributed by atoms with Crippen LogP contribution in [0.3, 0.4) is 0 Å². The van der Waals surface area contributed by atoms with Crippen molar-refractivity contribution in [2.45, 2.75) is 20.3 Å². The largest absolute Gasteiger partial charge is 0.465 e. The van der Waals surface area contributed by atoms with Crippen LogP contribution in [0.4, 0.5) is 20.2 Å². The number of ether oxygens (including phenoxy) is 1. The number of halogens is 2. The van der Waals surface area contributed by atoms with Gasteiger partial charge in [-0.3, -0.25) is 9.59 Å². The standard InChI is InChI=1S/C21H20F2N2O4/c1-11-4-16(9-18(12(11)2)21(28)29-3)24-20(27)13-5-19(26)25(10-13)17-7-14(22)6-15(23)8-17/h4,6-9,13H,5,10H2,1-3H3,(H,24,27). The lowest BCUT2D eigenvalue weighted by molar-refractivity contribution is -0.122. The number of aryl methyl sites for hydroxylation is 1. The van der Waals surface area contributed by atoms with E-state index in [0.29, 0.717) is 17.3 Å². The predicted octanol–water partition coefficient (Wildman–Crippen LogP) is 3.36. The molecule has 6 nitrogen and oxygen atoms in total. The molecule has 8 heteroatoms. The molecule has 0 aliphatic carbocycles. The molecule has 1 aliphatic heterocycles. The van der Waals surface area contributed by atoms with Gasteiger partial charge in [0.15, 0.2) is 0 Å². The van der Waals surface area contributed by atoms with Gasteiger partial charge in [0.05, 0.1) is 18.6 Å². The van der Waals surface area contributed by atoms with Crippen molar-refractivity contribution < 1.29 is 27.9 Å². The first-order valence-electron chi connectivity index (χ1n) is 8.96. The average molecular weight is 402 g/mol. The van der Waals surface area contributed by atoms with E-state index in [1.807, 2.05) is 0 Å². The van der Waals surface area contributed by atoms with Crippen LogP contribution in [0, 0.1) is 31.4 Å². The van der Waals surface area contributed by atoms with Gasteiger partial charge in [0.1, 0.15) is 11.6 Å². The Hall–Kier alpha value is -3.29. The molecule has 0 radical (unpaired) electrons. The predicted molar refractivity (Wildman–Crippen MR) is 103 cm³/mol. The molecule has 29 heavy (non-hydrogen) atoms. The molecule has 1 fully saturated rings. The monoisotopic (exact) mass is 402 g/mol. The molecule has 2 aromatic carbocycles. The number of esters is 1. The zero-order chi connectivity index (χ0) is 21.3. The minimum Gasteiger partial charge on any atom is -0.465 e. The van der Waals surface area contributed by atoms with E-state index in [4.69, 9.17) is 4.74 Å². The summed E-state index contributed by atoms with van der Waals surface area (Å²) in [6.45, 7) is 3.58. The Kier molecular flexibility index (Phi) is 5.63. The summed E-state index contributed by atoms with van der Waals surface area (Å²) in [7, 11) is 1.27. The molecule has 2 amide bonds. The number of nitrogens with zero attached hydrogens (tertiary/aromatic N) is 1. The Labute approximate surface area is 166 Å². The van der Waals surface area contributed by atoms with Crippen LogP contribution in [0.1, 0.15) is 27.9 Å². The number of amides is 2. The van der Waals surface area contributed by atoms with Crippen LogP contribution in [0.5, 0.6) is 0 Å². The third-order valence-electron chi connectivity index (χ3n) is 5.00. The molecule has 1 atom stereocenters. The maximum atomic E-state index is 13.5. The molecule has 1 saturated heterocycles. The van der Waals surface area contributed by atoms with Crippen LogP contribution in [-0.4, -0.2) is 31.4 Å². The van der Waals surface area contributed by atoms with E-state index in [9.17, 15) is 23.2 Å². The summed E-state index contributed by atoms with van der Waals surface area (Å²) >= 11 is 0. The molecule has 1 aliphatic rings. The van der Waals surface area contributed by atoms with Gasteiger partial charge in [-0.25, -0.2) is 13.6 Å². The van der Waals surface area contributed by atoms with E-state index >= 15 is 0 Å². The molecule has 152 valence electrons. The number of anilines is 2. The Bertz CT molecular complexity index is 986. The number of carbonyl (C=O) groups is 3. The number of carbonyl (C=O) groups excluding carboxylic acids is 3. The Morgan fingerprint density at radius 3 is 2.38 bits per heavy atom. The highest BCUT2D eigenvalue weighted by molar-refractivity contribution is 6.04. The first-order chi connectivity index (χ1) is 13.7. The van der Waals surface area contributed by atoms with Gasteiger partial charge in [-0.05, 0) is 49.2 Å². The summed E-state index contributed by atoms with van der Waals surface area (Å²) in [5.41, 5.74) is 2.35. The summed E-state index contributed by atoms with van der Waals surface area (Å²) in [5, 5.41) is 2.71. The van der Waals surface area contributed by atoms with Gasteiger partial charge in [0.25, 0.3) is 0 Å². The minimum absolute atomic E-state index is 0.00224. The highest BCUT2D eigenvalue weighted by Gasteiger charge is 2.35. The van der Waals surface area contributed by atoms with Crippen molar-refractivity contribution in [3.63, 3.8) is 0 Å². The minimum atomic E-state index is -0.800. The lowest BCUT2D eigenvalue weighted by Gasteiger charge is -2.17. The molecule has 1 N–H and O–H groups in total. The lowest BCUT2D eigenvalue weighted by atomic mass is 10.0. The van der Waals surface area contributed by atoms with Gasteiger partial charge in [-0.1, -0.05) is 0 Å². The van der Waals surface area contributed by atoms with Crippen molar-refractivity contribution >= 4 is 29.2 Å². The van der Waals surface area contributed by atoms with E-state index in [1.165, 1.54) is 18.1 Å². The van der Waals surface area contributed by atoms with Crippen molar-refractivity contribution in [1.29, 1.82) is 0 Å². The summed E-state index contributed by atoms with van der Waals surface area (Å²) < 4.78 is 31.7. The van der Waals surface area contributed by atoms with Gasteiger partial charge in [0.2, 0.25) is 11.8 Å². The maximum absolute atomic E-state index is 13.5. The Balaban J connectivity index is 1.78. The van der Waals surface area contributed by atoms with Crippen LogP contribution in [0.2, 0.25) is 0 Å². The van der Waals surface area contributed by atoms with Crippen molar-refractivity contribution in [3.05, 3.63) is 58.7 Å². The zero-order valence-electron chi connectivity index (χ0n) is 16.2. The molecule has 0 bridgehead atoms. The first kappa shape index (κ1) is 20.4. The van der Waals surface area contributed by atoms with Crippen molar-refractivity contribution in [2.75, 3.05) is 23.9 Å². The van der Waals surface area contributed by atoms with Gasteiger partial charge in [0, 0.05) is 30.4 Å². The van der Waals surface area contributed by atoms with Crippen molar-refractivity contribution in [1.82, 2.24) is 0 Å². The van der Waals surface area contributed by atoms with Gasteiger partial charge in [-0.15, -0.1) is 0 Å². The molecule has 1 unspecified atom stereocenters. The van der Waals surface area contributed by atoms with Crippen LogP contribution < -0.4 is 10.2 Å². The molecule has 0 aromatic heterocycles. The van der Waals surface area contributed by atoms with Crippen LogP contribution in [0.25, 0.3) is 0 Å². The summed E-state index contributed by atoms with van der Waals surface area (Å²) in [4.78, 5) is 38.1. The molecule has 0 spiro atoms. The SMILES string of the molecule is COC(=O)c1cc(NC(=O)C2CC(=O)N(c3cc(F)cc(F)c3)C2)cc(C)c1C. The van der Waals surface area contributed by atoms with Gasteiger partial charge in [-0.2, -0.15) is 0 Å². The molecule has 2 aromatic rings. The highest BCUT2D eigenvalue weighted by atomic mass is 19.1. The lowest BCUT2D eigenvalue weighted by Crippen LogP contribution is -2.28. The maximum Gasteiger partial charge on any atom is 0.338 e. The van der Waals surface area contributed by atoms with Crippen LogP contribution >= 0.6 is 0 Å². The third kappa shape index (κ3) is 4.26. The van der Waals surface area contributed by atoms with Gasteiger partial charge < -0.3 is 15.0 Å². The second kappa shape index (κ2) is 7.98. The smallest absolute Gasteiger partial charge is 0.338 e.